The third kappa shape index (κ3) is 6.94. The SMILES string of the molecule is Cc1cc(C)cc(N(CC(=O)NCCOc2ccc(S(=O)(=O)N(C)C)cc2)S(C)(=O)=O)c1. The molecule has 1 N–H and O–H groups in total. The predicted octanol–water partition coefficient (Wildman–Crippen LogP) is 1.51. The maximum atomic E-state index is 12.3. The summed E-state index contributed by atoms with van der Waals surface area (Å²) in [4.78, 5) is 12.5. The molecule has 32 heavy (non-hydrogen) atoms. The monoisotopic (exact) mass is 483 g/mol. The molecule has 0 spiro atoms. The van der Waals surface area contributed by atoms with Crippen LogP contribution in [0.3, 0.4) is 0 Å². The first-order valence-electron chi connectivity index (χ1n) is 9.79. The number of carbonyl (C=O) groups is 1. The zero-order chi connectivity index (χ0) is 24.1. The molecule has 2 aromatic rings. The molecule has 1 amide bonds. The van der Waals surface area contributed by atoms with Crippen LogP contribution in [0.1, 0.15) is 11.1 Å². The van der Waals surface area contributed by atoms with Crippen LogP contribution in [-0.2, 0) is 24.8 Å². The Bertz CT molecular complexity index is 1140. The Morgan fingerprint density at radius 2 is 1.53 bits per heavy atom. The van der Waals surface area contributed by atoms with Gasteiger partial charge in [0.25, 0.3) is 0 Å². The molecule has 0 saturated heterocycles. The fraction of sp³-hybridized carbons (Fsp3) is 0.381. The molecule has 0 aromatic heterocycles. The Kier molecular flexibility index (Phi) is 8.27. The minimum Gasteiger partial charge on any atom is -0.492 e. The van der Waals surface area contributed by atoms with Crippen molar-refractivity contribution in [3.8, 4) is 5.75 Å². The largest absolute Gasteiger partial charge is 0.492 e. The number of hydrogen-bond acceptors (Lipinski definition) is 6. The molecule has 2 aromatic carbocycles. The maximum Gasteiger partial charge on any atom is 0.242 e. The number of nitrogens with one attached hydrogen (secondary N) is 1. The molecule has 11 heteroatoms. The van der Waals surface area contributed by atoms with Crippen LogP contribution in [-0.4, -0.2) is 67.1 Å². The van der Waals surface area contributed by atoms with Crippen molar-refractivity contribution in [3.05, 3.63) is 53.6 Å². The summed E-state index contributed by atoms with van der Waals surface area (Å²) < 4.78 is 56.3. The first-order chi connectivity index (χ1) is 14.8. The van der Waals surface area contributed by atoms with E-state index in [2.05, 4.69) is 5.32 Å². The van der Waals surface area contributed by atoms with Gasteiger partial charge >= 0.3 is 0 Å². The number of hydrogen-bond donors (Lipinski definition) is 1. The number of anilines is 1. The van der Waals surface area contributed by atoms with Crippen molar-refractivity contribution >= 4 is 31.6 Å². The lowest BCUT2D eigenvalue weighted by Gasteiger charge is -2.22. The van der Waals surface area contributed by atoms with Crippen LogP contribution in [0.2, 0.25) is 0 Å². The smallest absolute Gasteiger partial charge is 0.242 e. The second-order valence-electron chi connectivity index (χ2n) is 7.57. The van der Waals surface area contributed by atoms with Crippen molar-refractivity contribution < 1.29 is 26.4 Å². The fourth-order valence-corrected chi connectivity index (χ4v) is 4.70. The maximum absolute atomic E-state index is 12.3. The molecule has 0 aliphatic heterocycles. The van der Waals surface area contributed by atoms with Crippen LogP contribution in [0.25, 0.3) is 0 Å². The van der Waals surface area contributed by atoms with Gasteiger partial charge in [0.05, 0.1) is 23.4 Å². The van der Waals surface area contributed by atoms with Crippen LogP contribution in [0.5, 0.6) is 5.75 Å². The molecule has 2 rings (SSSR count). The lowest BCUT2D eigenvalue weighted by molar-refractivity contribution is -0.119. The second-order valence-corrected chi connectivity index (χ2v) is 11.6. The van der Waals surface area contributed by atoms with Crippen molar-refractivity contribution in [2.45, 2.75) is 18.7 Å². The number of nitrogens with zero attached hydrogens (tertiary/aromatic N) is 2. The molecule has 0 aliphatic rings. The van der Waals surface area contributed by atoms with Gasteiger partial charge in [-0.25, -0.2) is 21.1 Å². The molecular formula is C21H29N3O6S2. The minimum atomic E-state index is -3.65. The van der Waals surface area contributed by atoms with E-state index < -0.39 is 26.0 Å². The number of sulfonamides is 2. The van der Waals surface area contributed by atoms with E-state index in [0.717, 1.165) is 26.0 Å². The highest BCUT2D eigenvalue weighted by molar-refractivity contribution is 7.92. The first-order valence-corrected chi connectivity index (χ1v) is 13.1. The van der Waals surface area contributed by atoms with Crippen molar-refractivity contribution in [2.75, 3.05) is 44.4 Å². The molecule has 0 atom stereocenters. The normalized spacial score (nSPS) is 11.9. The Balaban J connectivity index is 1.92. The van der Waals surface area contributed by atoms with Crippen molar-refractivity contribution in [3.63, 3.8) is 0 Å². The summed E-state index contributed by atoms with van der Waals surface area (Å²) in [7, 11) is -4.27. The second kappa shape index (κ2) is 10.3. The van der Waals surface area contributed by atoms with Crippen LogP contribution >= 0.6 is 0 Å². The molecule has 0 heterocycles. The van der Waals surface area contributed by atoms with Crippen LogP contribution in [0.15, 0.2) is 47.4 Å². The van der Waals surface area contributed by atoms with E-state index in [-0.39, 0.29) is 24.6 Å². The van der Waals surface area contributed by atoms with Crippen LogP contribution in [0.4, 0.5) is 5.69 Å². The van der Waals surface area contributed by atoms with Crippen molar-refractivity contribution in [1.29, 1.82) is 0 Å². The van der Waals surface area contributed by atoms with E-state index in [4.69, 9.17) is 4.74 Å². The van der Waals surface area contributed by atoms with Gasteiger partial charge in [-0.15, -0.1) is 0 Å². The zero-order valence-electron chi connectivity index (χ0n) is 18.8. The Labute approximate surface area is 190 Å². The fourth-order valence-electron chi connectivity index (χ4n) is 2.96. The van der Waals surface area contributed by atoms with Crippen molar-refractivity contribution in [2.24, 2.45) is 0 Å². The van der Waals surface area contributed by atoms with Gasteiger partial charge in [0, 0.05) is 14.1 Å². The highest BCUT2D eigenvalue weighted by atomic mass is 32.2. The van der Waals surface area contributed by atoms with Gasteiger partial charge in [0.2, 0.25) is 26.0 Å². The highest BCUT2D eigenvalue weighted by Gasteiger charge is 2.21. The highest BCUT2D eigenvalue weighted by Crippen LogP contribution is 2.21. The molecule has 0 aliphatic carbocycles. The molecule has 9 nitrogen and oxygen atoms in total. The lowest BCUT2D eigenvalue weighted by Crippen LogP contribution is -2.41. The average Bonchev–Trinajstić information content (AvgIpc) is 2.68. The molecule has 0 unspecified atom stereocenters. The summed E-state index contributed by atoms with van der Waals surface area (Å²) >= 11 is 0. The Morgan fingerprint density at radius 3 is 2.03 bits per heavy atom. The van der Waals surface area contributed by atoms with E-state index in [0.29, 0.717) is 11.4 Å². The summed E-state index contributed by atoms with van der Waals surface area (Å²) in [5, 5.41) is 2.63. The predicted molar refractivity (Wildman–Crippen MR) is 124 cm³/mol. The van der Waals surface area contributed by atoms with Gasteiger partial charge in [-0.05, 0) is 61.4 Å². The Morgan fingerprint density at radius 1 is 0.969 bits per heavy atom. The summed E-state index contributed by atoms with van der Waals surface area (Å²) in [6.07, 6.45) is 1.06. The third-order valence-electron chi connectivity index (χ3n) is 4.48. The van der Waals surface area contributed by atoms with Crippen molar-refractivity contribution in [1.82, 2.24) is 9.62 Å². The van der Waals surface area contributed by atoms with Gasteiger partial charge in [0.1, 0.15) is 18.9 Å². The van der Waals surface area contributed by atoms with E-state index in [1.54, 1.807) is 12.1 Å². The summed E-state index contributed by atoms with van der Waals surface area (Å²) in [5.74, 6) is -0.0180. The molecule has 0 saturated carbocycles. The quantitative estimate of drug-likeness (QED) is 0.513. The van der Waals surface area contributed by atoms with E-state index in [1.165, 1.54) is 38.4 Å². The lowest BCUT2D eigenvalue weighted by atomic mass is 10.1. The first kappa shape index (κ1) is 25.6. The number of amides is 1. The van der Waals surface area contributed by atoms with Crippen LogP contribution in [0, 0.1) is 13.8 Å². The molecule has 0 bridgehead atoms. The Hall–Kier alpha value is -2.63. The molecule has 0 radical (unpaired) electrons. The van der Waals surface area contributed by atoms with Gasteiger partial charge in [-0.3, -0.25) is 9.10 Å². The minimum absolute atomic E-state index is 0.133. The van der Waals surface area contributed by atoms with Gasteiger partial charge in [-0.1, -0.05) is 6.07 Å². The standard InChI is InChI=1S/C21H29N3O6S2/c1-16-12-17(2)14-18(13-16)24(31(5,26)27)15-21(25)22-10-11-30-19-6-8-20(9-7-19)32(28,29)23(3)4/h6-9,12-14H,10-11,15H2,1-5H3,(H,22,25). The number of ether oxygens (including phenoxy) is 1. The molecule has 176 valence electrons. The third-order valence-corrected chi connectivity index (χ3v) is 7.45. The van der Waals surface area contributed by atoms with Gasteiger partial charge in [0.15, 0.2) is 0 Å². The van der Waals surface area contributed by atoms with Crippen LogP contribution < -0.4 is 14.4 Å². The summed E-state index contributed by atoms with van der Waals surface area (Å²) in [6, 6.07) is 11.3. The van der Waals surface area contributed by atoms with Gasteiger partial charge < -0.3 is 10.1 Å². The van der Waals surface area contributed by atoms with E-state index >= 15 is 0 Å². The average molecular weight is 484 g/mol. The summed E-state index contributed by atoms with van der Waals surface area (Å²) in [6.45, 7) is 3.65. The van der Waals surface area contributed by atoms with E-state index in [9.17, 15) is 21.6 Å². The number of carbonyl (C=O) groups excluding carboxylic acids is 1. The van der Waals surface area contributed by atoms with E-state index in [1.807, 2.05) is 19.9 Å². The molecular weight excluding hydrogens is 454 g/mol. The number of rotatable bonds is 10. The molecule has 0 fully saturated rings. The zero-order valence-corrected chi connectivity index (χ0v) is 20.5. The topological polar surface area (TPSA) is 113 Å². The summed E-state index contributed by atoms with van der Waals surface area (Å²) in [5.41, 5.74) is 2.22. The number of benzene rings is 2. The van der Waals surface area contributed by atoms with Gasteiger partial charge in [-0.2, -0.15) is 0 Å². The number of aryl methyl sites for hydroxylation is 2.